The lowest BCUT2D eigenvalue weighted by Gasteiger charge is -2.11. The zero-order chi connectivity index (χ0) is 17.9. The molecule has 2 aromatic rings. The molecule has 2 aromatic carbocycles. The van der Waals surface area contributed by atoms with Crippen LogP contribution in [0.3, 0.4) is 0 Å². The quantitative estimate of drug-likeness (QED) is 0.802. The van der Waals surface area contributed by atoms with Gasteiger partial charge in [-0.15, -0.1) is 4.83 Å². The molecule has 0 spiro atoms. The molecule has 3 rings (SSSR count). The van der Waals surface area contributed by atoms with E-state index in [2.05, 4.69) is 5.43 Å². The van der Waals surface area contributed by atoms with Crippen molar-refractivity contribution in [2.75, 3.05) is 13.2 Å². The standard InChI is InChI=1S/C16H15FN2O5S/c17-12-4-2-11(3-5-12)16(20)18-19-25(21,22)13-6-7-14-15(10-13)24-9-1-8-23-14/h2-7,10,19H,1,8-9H2,(H,18,20). The molecule has 0 aliphatic carbocycles. The Morgan fingerprint density at radius 3 is 2.40 bits per heavy atom. The van der Waals surface area contributed by atoms with Crippen LogP contribution in [0.1, 0.15) is 16.8 Å². The molecular formula is C16H15FN2O5S. The Bertz CT molecular complexity index is 884. The largest absolute Gasteiger partial charge is 0.490 e. The maximum Gasteiger partial charge on any atom is 0.266 e. The second-order valence-electron chi connectivity index (χ2n) is 5.23. The van der Waals surface area contributed by atoms with Gasteiger partial charge in [0.15, 0.2) is 11.5 Å². The smallest absolute Gasteiger partial charge is 0.266 e. The Hall–Kier alpha value is -2.65. The summed E-state index contributed by atoms with van der Waals surface area (Å²) in [6, 6.07) is 8.86. The highest BCUT2D eigenvalue weighted by atomic mass is 32.2. The van der Waals surface area contributed by atoms with Gasteiger partial charge in [0.1, 0.15) is 5.82 Å². The van der Waals surface area contributed by atoms with Crippen LogP contribution in [0.2, 0.25) is 0 Å². The van der Waals surface area contributed by atoms with Gasteiger partial charge in [-0.3, -0.25) is 10.2 Å². The number of carbonyl (C=O) groups excluding carboxylic acids is 1. The van der Waals surface area contributed by atoms with E-state index in [1.807, 2.05) is 4.83 Å². The van der Waals surface area contributed by atoms with E-state index in [-0.39, 0.29) is 10.5 Å². The maximum atomic E-state index is 12.8. The minimum Gasteiger partial charge on any atom is -0.490 e. The first-order chi connectivity index (χ1) is 12.0. The van der Waals surface area contributed by atoms with Crippen LogP contribution in [0.4, 0.5) is 4.39 Å². The molecule has 0 bridgehead atoms. The molecule has 2 N–H and O–H groups in total. The highest BCUT2D eigenvalue weighted by Gasteiger charge is 2.19. The molecule has 0 aromatic heterocycles. The van der Waals surface area contributed by atoms with E-state index in [4.69, 9.17) is 9.47 Å². The summed E-state index contributed by atoms with van der Waals surface area (Å²) in [7, 11) is -4.01. The number of amides is 1. The summed E-state index contributed by atoms with van der Waals surface area (Å²) >= 11 is 0. The lowest BCUT2D eigenvalue weighted by atomic mass is 10.2. The van der Waals surface area contributed by atoms with Crippen LogP contribution in [0.5, 0.6) is 11.5 Å². The number of hydrogen-bond acceptors (Lipinski definition) is 5. The Kier molecular flexibility index (Phi) is 4.86. The SMILES string of the molecule is O=C(NNS(=O)(=O)c1ccc2c(c1)OCCCO2)c1ccc(F)cc1. The molecule has 25 heavy (non-hydrogen) atoms. The molecule has 1 heterocycles. The molecule has 9 heteroatoms. The van der Waals surface area contributed by atoms with Gasteiger partial charge in [-0.05, 0) is 36.4 Å². The van der Waals surface area contributed by atoms with Crippen LogP contribution in [0.25, 0.3) is 0 Å². The van der Waals surface area contributed by atoms with E-state index in [0.29, 0.717) is 31.1 Å². The van der Waals surface area contributed by atoms with E-state index >= 15 is 0 Å². The third-order valence-corrected chi connectivity index (χ3v) is 4.68. The van der Waals surface area contributed by atoms with Gasteiger partial charge in [0, 0.05) is 18.1 Å². The predicted octanol–water partition coefficient (Wildman–Crippen LogP) is 1.61. The van der Waals surface area contributed by atoms with Crippen molar-refractivity contribution in [2.24, 2.45) is 0 Å². The van der Waals surface area contributed by atoms with Crippen LogP contribution in [0, 0.1) is 5.82 Å². The zero-order valence-corrected chi connectivity index (χ0v) is 13.8. The number of rotatable bonds is 4. The highest BCUT2D eigenvalue weighted by molar-refractivity contribution is 7.89. The average Bonchev–Trinajstić information content (AvgIpc) is 2.85. The number of hydrogen-bond donors (Lipinski definition) is 2. The number of sulfonamides is 1. The van der Waals surface area contributed by atoms with Crippen LogP contribution < -0.4 is 19.7 Å². The predicted molar refractivity (Wildman–Crippen MR) is 86.2 cm³/mol. The van der Waals surface area contributed by atoms with Crippen molar-refractivity contribution in [3.63, 3.8) is 0 Å². The molecule has 0 radical (unpaired) electrons. The molecule has 0 fully saturated rings. The molecule has 1 aliphatic rings. The molecule has 0 saturated heterocycles. The molecule has 1 aliphatic heterocycles. The van der Waals surface area contributed by atoms with E-state index in [1.165, 1.54) is 30.3 Å². The van der Waals surface area contributed by atoms with Gasteiger partial charge in [0.05, 0.1) is 18.1 Å². The first-order valence-corrected chi connectivity index (χ1v) is 8.91. The van der Waals surface area contributed by atoms with E-state index in [0.717, 1.165) is 12.1 Å². The lowest BCUT2D eigenvalue weighted by Crippen LogP contribution is -2.41. The van der Waals surface area contributed by atoms with Gasteiger partial charge in [0.25, 0.3) is 15.9 Å². The first-order valence-electron chi connectivity index (χ1n) is 7.43. The molecular weight excluding hydrogens is 351 g/mol. The number of fused-ring (bicyclic) bond motifs is 1. The van der Waals surface area contributed by atoms with Crippen molar-refractivity contribution in [2.45, 2.75) is 11.3 Å². The minimum absolute atomic E-state index is 0.0869. The maximum absolute atomic E-state index is 12.8. The highest BCUT2D eigenvalue weighted by Crippen LogP contribution is 2.31. The van der Waals surface area contributed by atoms with Crippen molar-refractivity contribution in [1.82, 2.24) is 10.3 Å². The monoisotopic (exact) mass is 366 g/mol. The van der Waals surface area contributed by atoms with Gasteiger partial charge in [-0.1, -0.05) is 0 Å². The third-order valence-electron chi connectivity index (χ3n) is 3.43. The number of halogens is 1. The molecule has 1 amide bonds. The van der Waals surface area contributed by atoms with E-state index in [9.17, 15) is 17.6 Å². The Labute approximate surface area is 143 Å². The van der Waals surface area contributed by atoms with Gasteiger partial charge < -0.3 is 9.47 Å². The van der Waals surface area contributed by atoms with Gasteiger partial charge in [0.2, 0.25) is 0 Å². The molecule has 0 saturated carbocycles. The van der Waals surface area contributed by atoms with Crippen molar-refractivity contribution < 1.29 is 27.1 Å². The van der Waals surface area contributed by atoms with E-state index < -0.39 is 21.7 Å². The summed E-state index contributed by atoms with van der Waals surface area (Å²) in [5, 5.41) is 0. The van der Waals surface area contributed by atoms with Crippen molar-refractivity contribution in [3.8, 4) is 11.5 Å². The summed E-state index contributed by atoms with van der Waals surface area (Å²) in [5.41, 5.74) is 2.19. The number of hydrazine groups is 1. The summed E-state index contributed by atoms with van der Waals surface area (Å²) in [6.07, 6.45) is 0.697. The number of benzene rings is 2. The average molecular weight is 366 g/mol. The van der Waals surface area contributed by atoms with Crippen molar-refractivity contribution in [3.05, 3.63) is 53.8 Å². The third kappa shape index (κ3) is 4.06. The number of carbonyl (C=O) groups is 1. The topological polar surface area (TPSA) is 93.7 Å². The second kappa shape index (κ2) is 7.08. The first kappa shape index (κ1) is 17.2. The zero-order valence-electron chi connectivity index (χ0n) is 13.0. The van der Waals surface area contributed by atoms with Crippen LogP contribution in [0.15, 0.2) is 47.4 Å². The second-order valence-corrected chi connectivity index (χ2v) is 6.91. The minimum atomic E-state index is -4.01. The van der Waals surface area contributed by atoms with Gasteiger partial charge in [-0.25, -0.2) is 12.8 Å². The lowest BCUT2D eigenvalue weighted by molar-refractivity contribution is 0.0945. The van der Waals surface area contributed by atoms with Gasteiger partial charge >= 0.3 is 0 Å². The molecule has 7 nitrogen and oxygen atoms in total. The van der Waals surface area contributed by atoms with Crippen molar-refractivity contribution in [1.29, 1.82) is 0 Å². The summed E-state index contributed by atoms with van der Waals surface area (Å²) in [4.78, 5) is 13.8. The van der Waals surface area contributed by atoms with E-state index in [1.54, 1.807) is 0 Å². The fraction of sp³-hybridized carbons (Fsp3) is 0.188. The summed E-state index contributed by atoms with van der Waals surface area (Å²) < 4.78 is 48.4. The molecule has 132 valence electrons. The Morgan fingerprint density at radius 1 is 1.00 bits per heavy atom. The fourth-order valence-electron chi connectivity index (χ4n) is 2.16. The Balaban J connectivity index is 1.72. The van der Waals surface area contributed by atoms with Crippen molar-refractivity contribution >= 4 is 15.9 Å². The fourth-order valence-corrected chi connectivity index (χ4v) is 3.01. The normalized spacial score (nSPS) is 13.8. The summed E-state index contributed by atoms with van der Waals surface area (Å²) in [6.45, 7) is 0.913. The molecule has 0 atom stereocenters. The molecule has 0 unspecified atom stereocenters. The number of nitrogens with one attached hydrogen (secondary N) is 2. The number of ether oxygens (including phenoxy) is 2. The van der Waals surface area contributed by atoms with Crippen LogP contribution in [-0.2, 0) is 10.0 Å². The Morgan fingerprint density at radius 2 is 1.68 bits per heavy atom. The van der Waals surface area contributed by atoms with Gasteiger partial charge in [-0.2, -0.15) is 0 Å². The van der Waals surface area contributed by atoms with Crippen LogP contribution >= 0.6 is 0 Å². The summed E-state index contributed by atoms with van der Waals surface area (Å²) in [5.74, 6) is -0.417. The van der Waals surface area contributed by atoms with Crippen LogP contribution in [-0.4, -0.2) is 27.5 Å².